The minimum atomic E-state index is -0.462. The summed E-state index contributed by atoms with van der Waals surface area (Å²) >= 11 is 1.44. The van der Waals surface area contributed by atoms with Gasteiger partial charge in [-0.15, -0.1) is 11.3 Å². The van der Waals surface area contributed by atoms with Crippen LogP contribution >= 0.6 is 11.3 Å². The molecule has 1 aromatic heterocycles. The minimum Gasteiger partial charge on any atom is -0.444 e. The van der Waals surface area contributed by atoms with Crippen molar-refractivity contribution < 1.29 is 14.3 Å². The smallest absolute Gasteiger partial charge is 0.410 e. The Morgan fingerprint density at radius 3 is 2.55 bits per heavy atom. The Balaban J connectivity index is 1.88. The summed E-state index contributed by atoms with van der Waals surface area (Å²) in [6.07, 6.45) is 1.48. The monoisotopic (exact) mass is 325 g/mol. The Bertz CT molecular complexity index is 542. The van der Waals surface area contributed by atoms with E-state index < -0.39 is 5.60 Å². The van der Waals surface area contributed by atoms with Gasteiger partial charge in [0.15, 0.2) is 5.13 Å². The largest absolute Gasteiger partial charge is 0.444 e. The minimum absolute atomic E-state index is 0.111. The van der Waals surface area contributed by atoms with Gasteiger partial charge in [-0.3, -0.25) is 4.79 Å². The van der Waals surface area contributed by atoms with Crippen molar-refractivity contribution in [1.29, 1.82) is 0 Å². The first kappa shape index (κ1) is 16.7. The van der Waals surface area contributed by atoms with Gasteiger partial charge in [0.1, 0.15) is 5.60 Å². The van der Waals surface area contributed by atoms with E-state index in [0.29, 0.717) is 24.1 Å². The zero-order chi connectivity index (χ0) is 16.3. The van der Waals surface area contributed by atoms with E-state index in [4.69, 9.17) is 4.74 Å². The number of likely N-dealkylation sites (tertiary alicyclic amines) is 1. The Labute approximate surface area is 134 Å². The van der Waals surface area contributed by atoms with Crippen LogP contribution in [0.4, 0.5) is 9.93 Å². The Morgan fingerprint density at radius 1 is 1.36 bits per heavy atom. The van der Waals surface area contributed by atoms with Gasteiger partial charge < -0.3 is 15.0 Å². The molecule has 1 N–H and O–H groups in total. The van der Waals surface area contributed by atoms with Crippen LogP contribution in [-0.4, -0.2) is 40.6 Å². The Morgan fingerprint density at radius 2 is 2.00 bits per heavy atom. The second-order valence-electron chi connectivity index (χ2n) is 6.50. The predicted octanol–water partition coefficient (Wildman–Crippen LogP) is 3.22. The van der Waals surface area contributed by atoms with Gasteiger partial charge in [-0.25, -0.2) is 9.78 Å². The Kier molecular flexibility index (Phi) is 5.05. The second-order valence-corrected chi connectivity index (χ2v) is 7.36. The van der Waals surface area contributed by atoms with E-state index in [9.17, 15) is 9.59 Å². The number of ether oxygens (including phenoxy) is 1. The van der Waals surface area contributed by atoms with Gasteiger partial charge in [-0.2, -0.15) is 0 Å². The van der Waals surface area contributed by atoms with Crippen molar-refractivity contribution >= 4 is 28.5 Å². The molecule has 1 aliphatic rings. The van der Waals surface area contributed by atoms with Crippen LogP contribution in [0.15, 0.2) is 5.38 Å². The first-order valence-electron chi connectivity index (χ1n) is 7.45. The fourth-order valence-corrected chi connectivity index (χ4v) is 3.20. The number of piperidine rings is 1. The summed E-state index contributed by atoms with van der Waals surface area (Å²) in [4.78, 5) is 29.3. The number of carbonyl (C=O) groups is 2. The average Bonchev–Trinajstić information content (AvgIpc) is 2.84. The number of hydrogen-bond donors (Lipinski definition) is 1. The fourth-order valence-electron chi connectivity index (χ4n) is 2.37. The number of carbonyl (C=O) groups excluding carboxylic acids is 2. The van der Waals surface area contributed by atoms with Crippen LogP contribution in [0.25, 0.3) is 0 Å². The normalized spacial score (nSPS) is 16.5. The summed E-state index contributed by atoms with van der Waals surface area (Å²) < 4.78 is 5.39. The van der Waals surface area contributed by atoms with Crippen molar-refractivity contribution in [2.45, 2.75) is 52.1 Å². The maximum atomic E-state index is 12.0. The topological polar surface area (TPSA) is 71.5 Å². The van der Waals surface area contributed by atoms with Crippen LogP contribution in [0, 0.1) is 0 Å². The van der Waals surface area contributed by atoms with Crippen molar-refractivity contribution in [3.63, 3.8) is 0 Å². The molecular formula is C15H23N3O3S. The number of rotatable bonds is 2. The molecule has 2 rings (SSSR count). The molecule has 2 heterocycles. The molecule has 0 spiro atoms. The third kappa shape index (κ3) is 4.69. The SMILES string of the molecule is CC(=O)Nc1nc(C2CCN(C(=O)OC(C)(C)C)CC2)cs1. The van der Waals surface area contributed by atoms with E-state index in [2.05, 4.69) is 10.3 Å². The number of thiazole rings is 1. The highest BCUT2D eigenvalue weighted by molar-refractivity contribution is 7.13. The number of hydrogen-bond acceptors (Lipinski definition) is 5. The third-order valence-corrected chi connectivity index (χ3v) is 4.15. The molecule has 7 heteroatoms. The van der Waals surface area contributed by atoms with Gasteiger partial charge in [0, 0.05) is 31.3 Å². The van der Waals surface area contributed by atoms with E-state index in [1.54, 1.807) is 4.90 Å². The first-order chi connectivity index (χ1) is 10.2. The van der Waals surface area contributed by atoms with Crippen LogP contribution in [-0.2, 0) is 9.53 Å². The van der Waals surface area contributed by atoms with Gasteiger partial charge in [0.2, 0.25) is 5.91 Å². The molecule has 0 radical (unpaired) electrons. The van der Waals surface area contributed by atoms with Crippen LogP contribution < -0.4 is 5.32 Å². The highest BCUT2D eigenvalue weighted by Gasteiger charge is 2.28. The summed E-state index contributed by atoms with van der Waals surface area (Å²) in [6.45, 7) is 8.43. The quantitative estimate of drug-likeness (QED) is 0.906. The van der Waals surface area contributed by atoms with Crippen molar-refractivity contribution in [2.75, 3.05) is 18.4 Å². The van der Waals surface area contributed by atoms with Gasteiger partial charge >= 0.3 is 6.09 Å². The molecule has 0 atom stereocenters. The van der Waals surface area contributed by atoms with E-state index in [0.717, 1.165) is 18.5 Å². The molecule has 0 aromatic carbocycles. The van der Waals surface area contributed by atoms with Crippen molar-refractivity contribution in [2.24, 2.45) is 0 Å². The van der Waals surface area contributed by atoms with Crippen molar-refractivity contribution in [3.05, 3.63) is 11.1 Å². The van der Waals surface area contributed by atoms with E-state index >= 15 is 0 Å². The highest BCUT2D eigenvalue weighted by Crippen LogP contribution is 2.30. The van der Waals surface area contributed by atoms with Gasteiger partial charge in [-0.1, -0.05) is 0 Å². The average molecular weight is 325 g/mol. The summed E-state index contributed by atoms with van der Waals surface area (Å²) in [5, 5.41) is 5.32. The number of nitrogens with one attached hydrogen (secondary N) is 1. The molecule has 0 saturated carbocycles. The molecule has 1 aromatic rings. The lowest BCUT2D eigenvalue weighted by molar-refractivity contribution is -0.114. The predicted molar refractivity (Wildman–Crippen MR) is 86.2 cm³/mol. The summed E-state index contributed by atoms with van der Waals surface area (Å²) in [5.41, 5.74) is 0.536. The van der Waals surface area contributed by atoms with E-state index in [1.807, 2.05) is 26.2 Å². The molecule has 2 amide bonds. The summed E-state index contributed by atoms with van der Waals surface area (Å²) in [5.74, 6) is 0.220. The van der Waals surface area contributed by atoms with Crippen LogP contribution in [0.5, 0.6) is 0 Å². The van der Waals surface area contributed by atoms with Crippen LogP contribution in [0.2, 0.25) is 0 Å². The molecule has 0 bridgehead atoms. The van der Waals surface area contributed by atoms with Crippen LogP contribution in [0.1, 0.15) is 52.1 Å². The van der Waals surface area contributed by atoms with Crippen molar-refractivity contribution in [3.8, 4) is 0 Å². The maximum absolute atomic E-state index is 12.0. The molecule has 6 nitrogen and oxygen atoms in total. The molecule has 1 saturated heterocycles. The number of aromatic nitrogens is 1. The van der Waals surface area contributed by atoms with Gasteiger partial charge in [0.25, 0.3) is 0 Å². The lowest BCUT2D eigenvalue weighted by Crippen LogP contribution is -2.41. The van der Waals surface area contributed by atoms with E-state index in [1.165, 1.54) is 18.3 Å². The second kappa shape index (κ2) is 6.64. The summed E-state index contributed by atoms with van der Waals surface area (Å²) in [7, 11) is 0. The molecular weight excluding hydrogens is 302 g/mol. The van der Waals surface area contributed by atoms with Crippen molar-refractivity contribution in [1.82, 2.24) is 9.88 Å². The Hall–Kier alpha value is -1.63. The van der Waals surface area contributed by atoms with Gasteiger partial charge in [0.05, 0.1) is 5.69 Å². The molecule has 22 heavy (non-hydrogen) atoms. The zero-order valence-electron chi connectivity index (χ0n) is 13.5. The zero-order valence-corrected chi connectivity index (χ0v) is 14.3. The lowest BCUT2D eigenvalue weighted by Gasteiger charge is -2.32. The standard InChI is InChI=1S/C15H23N3O3S/c1-10(19)16-13-17-12(9-22-13)11-5-7-18(8-6-11)14(20)21-15(2,3)4/h9,11H,5-8H2,1-4H3,(H,16,17,19). The molecule has 0 aliphatic carbocycles. The molecule has 122 valence electrons. The van der Waals surface area contributed by atoms with E-state index in [-0.39, 0.29) is 12.0 Å². The number of anilines is 1. The third-order valence-electron chi connectivity index (χ3n) is 3.37. The van der Waals surface area contributed by atoms with Crippen LogP contribution in [0.3, 0.4) is 0 Å². The van der Waals surface area contributed by atoms with Gasteiger partial charge in [-0.05, 0) is 33.6 Å². The lowest BCUT2D eigenvalue weighted by atomic mass is 9.94. The number of amides is 2. The maximum Gasteiger partial charge on any atom is 0.410 e. The summed E-state index contributed by atoms with van der Waals surface area (Å²) in [6, 6.07) is 0. The number of nitrogens with zero attached hydrogens (tertiary/aromatic N) is 2. The molecule has 0 unspecified atom stereocenters. The molecule has 1 fully saturated rings. The highest BCUT2D eigenvalue weighted by atomic mass is 32.1. The fraction of sp³-hybridized carbons (Fsp3) is 0.667. The molecule has 1 aliphatic heterocycles. The first-order valence-corrected chi connectivity index (χ1v) is 8.33.